The van der Waals surface area contributed by atoms with Crippen molar-refractivity contribution >= 4 is 12.6 Å². The molecular weight excluding hydrogens is 253 g/mol. The van der Waals surface area contributed by atoms with Gasteiger partial charge in [0, 0.05) is 0 Å². The molecular formula is C13H11BF2O3. The molecule has 98 valence electrons. The maximum Gasteiger partial charge on any atom is 0.488 e. The average molecular weight is 264 g/mol. The van der Waals surface area contributed by atoms with E-state index in [1.807, 2.05) is 6.07 Å². The second-order valence-electron chi connectivity index (χ2n) is 3.96. The van der Waals surface area contributed by atoms with Crippen molar-refractivity contribution < 1.29 is 23.6 Å². The lowest BCUT2D eigenvalue weighted by atomic mass is 9.80. The van der Waals surface area contributed by atoms with Gasteiger partial charge < -0.3 is 14.8 Å². The summed E-state index contributed by atoms with van der Waals surface area (Å²) in [5.74, 6) is -2.69. The lowest BCUT2D eigenvalue weighted by Crippen LogP contribution is -2.30. The molecule has 0 aliphatic heterocycles. The van der Waals surface area contributed by atoms with E-state index in [4.69, 9.17) is 14.8 Å². The minimum absolute atomic E-state index is 0.0577. The van der Waals surface area contributed by atoms with Crippen LogP contribution in [0.25, 0.3) is 0 Å². The van der Waals surface area contributed by atoms with Crippen LogP contribution in [0, 0.1) is 11.6 Å². The Morgan fingerprint density at radius 3 is 2.37 bits per heavy atom. The highest BCUT2D eigenvalue weighted by atomic mass is 19.2. The van der Waals surface area contributed by atoms with Gasteiger partial charge in [-0.2, -0.15) is 4.39 Å². The van der Waals surface area contributed by atoms with Crippen LogP contribution in [0.4, 0.5) is 8.78 Å². The summed E-state index contributed by atoms with van der Waals surface area (Å²) in [5, 5.41) is 17.9. The Morgan fingerprint density at radius 2 is 1.74 bits per heavy atom. The van der Waals surface area contributed by atoms with Crippen LogP contribution in [0.3, 0.4) is 0 Å². The van der Waals surface area contributed by atoms with Crippen molar-refractivity contribution in [2.75, 3.05) is 0 Å². The number of rotatable bonds is 4. The van der Waals surface area contributed by atoms with Crippen molar-refractivity contribution in [2.45, 2.75) is 6.61 Å². The fourth-order valence-electron chi connectivity index (χ4n) is 1.57. The Morgan fingerprint density at radius 1 is 1.05 bits per heavy atom. The summed E-state index contributed by atoms with van der Waals surface area (Å²) in [6.45, 7) is 0.0577. The molecule has 19 heavy (non-hydrogen) atoms. The van der Waals surface area contributed by atoms with E-state index >= 15 is 0 Å². The van der Waals surface area contributed by atoms with Crippen molar-refractivity contribution in [3.8, 4) is 5.75 Å². The zero-order valence-electron chi connectivity index (χ0n) is 9.88. The highest BCUT2D eigenvalue weighted by Crippen LogP contribution is 2.19. The highest BCUT2D eigenvalue weighted by Gasteiger charge is 2.18. The quantitative estimate of drug-likeness (QED) is 0.816. The van der Waals surface area contributed by atoms with Crippen LogP contribution < -0.4 is 10.2 Å². The number of ether oxygens (including phenoxy) is 1. The molecule has 2 N–H and O–H groups in total. The molecule has 0 atom stereocenters. The van der Waals surface area contributed by atoms with Gasteiger partial charge in [0.15, 0.2) is 11.6 Å². The van der Waals surface area contributed by atoms with E-state index in [9.17, 15) is 8.78 Å². The Bertz CT molecular complexity index is 561. The molecule has 0 heterocycles. The molecule has 2 aromatic rings. The molecule has 0 saturated carbocycles. The molecule has 3 nitrogen and oxygen atoms in total. The summed E-state index contributed by atoms with van der Waals surface area (Å²) in [7, 11) is -1.88. The number of hydrogen-bond donors (Lipinski definition) is 2. The van der Waals surface area contributed by atoms with Gasteiger partial charge in [-0.1, -0.05) is 30.3 Å². The topological polar surface area (TPSA) is 49.7 Å². The molecule has 2 aromatic carbocycles. The van der Waals surface area contributed by atoms with Crippen molar-refractivity contribution in [1.82, 2.24) is 0 Å². The van der Waals surface area contributed by atoms with Gasteiger partial charge in [0.2, 0.25) is 5.82 Å². The van der Waals surface area contributed by atoms with Crippen LogP contribution in [0.1, 0.15) is 5.56 Å². The number of hydrogen-bond acceptors (Lipinski definition) is 3. The van der Waals surface area contributed by atoms with Crippen LogP contribution >= 0.6 is 0 Å². The van der Waals surface area contributed by atoms with Crippen molar-refractivity contribution in [3.05, 3.63) is 59.7 Å². The van der Waals surface area contributed by atoms with Crippen LogP contribution in [-0.4, -0.2) is 17.2 Å². The van der Waals surface area contributed by atoms with Crippen LogP contribution in [0.2, 0.25) is 0 Å². The fraction of sp³-hybridized carbons (Fsp3) is 0.0769. The van der Waals surface area contributed by atoms with E-state index in [1.54, 1.807) is 24.3 Å². The summed E-state index contributed by atoms with van der Waals surface area (Å²) in [6, 6.07) is 10.7. The largest absolute Gasteiger partial charge is 0.488 e. The summed E-state index contributed by atoms with van der Waals surface area (Å²) >= 11 is 0. The second kappa shape index (κ2) is 5.82. The Kier molecular flexibility index (Phi) is 4.14. The Balaban J connectivity index is 2.20. The third-order valence-electron chi connectivity index (χ3n) is 2.55. The summed E-state index contributed by atoms with van der Waals surface area (Å²) in [5.41, 5.74) is 0.624. The summed E-state index contributed by atoms with van der Waals surface area (Å²) < 4.78 is 31.9. The molecule has 6 heteroatoms. The molecule has 0 saturated heterocycles. The molecule has 0 unspecified atom stereocenters. The standard InChI is InChI=1S/C13H11BF2O3/c15-11-6-10(14(17)18)7-12(13(11)16)19-8-9-4-2-1-3-5-9/h1-7,17-18H,8H2. The van der Waals surface area contributed by atoms with E-state index in [0.29, 0.717) is 0 Å². The molecule has 0 bridgehead atoms. The first kappa shape index (κ1) is 13.5. The Labute approximate surface area is 109 Å². The van der Waals surface area contributed by atoms with Crippen molar-refractivity contribution in [2.24, 2.45) is 0 Å². The maximum absolute atomic E-state index is 13.5. The van der Waals surface area contributed by atoms with Crippen molar-refractivity contribution in [3.63, 3.8) is 0 Å². The minimum atomic E-state index is -1.88. The van der Waals surface area contributed by atoms with Crippen LogP contribution in [0.15, 0.2) is 42.5 Å². The smallest absolute Gasteiger partial charge is 0.486 e. The van der Waals surface area contributed by atoms with E-state index in [1.165, 1.54) is 0 Å². The zero-order valence-corrected chi connectivity index (χ0v) is 9.88. The van der Waals surface area contributed by atoms with E-state index < -0.39 is 18.8 Å². The first-order valence-electron chi connectivity index (χ1n) is 5.59. The monoisotopic (exact) mass is 264 g/mol. The van der Waals surface area contributed by atoms with Gasteiger partial charge in [0.25, 0.3) is 0 Å². The van der Waals surface area contributed by atoms with E-state index in [0.717, 1.165) is 17.7 Å². The number of halogens is 2. The predicted octanol–water partition coefficient (Wildman–Crippen LogP) is 1.22. The molecule has 0 aliphatic carbocycles. The van der Waals surface area contributed by atoms with Crippen molar-refractivity contribution in [1.29, 1.82) is 0 Å². The highest BCUT2D eigenvalue weighted by molar-refractivity contribution is 6.58. The summed E-state index contributed by atoms with van der Waals surface area (Å²) in [4.78, 5) is 0. The van der Waals surface area contributed by atoms with Gasteiger partial charge in [-0.25, -0.2) is 4.39 Å². The second-order valence-corrected chi connectivity index (χ2v) is 3.96. The van der Waals surface area contributed by atoms with Gasteiger partial charge >= 0.3 is 7.12 Å². The molecule has 0 spiro atoms. The summed E-state index contributed by atoms with van der Waals surface area (Å²) in [6.07, 6.45) is 0. The molecule has 0 radical (unpaired) electrons. The van der Waals surface area contributed by atoms with Gasteiger partial charge in [-0.3, -0.25) is 0 Å². The molecule has 0 amide bonds. The van der Waals surface area contributed by atoms with E-state index in [-0.39, 0.29) is 17.8 Å². The zero-order chi connectivity index (χ0) is 13.8. The third-order valence-corrected chi connectivity index (χ3v) is 2.55. The maximum atomic E-state index is 13.5. The van der Waals surface area contributed by atoms with Gasteiger partial charge in [0.05, 0.1) is 0 Å². The van der Waals surface area contributed by atoms with E-state index in [2.05, 4.69) is 0 Å². The average Bonchev–Trinajstić information content (AvgIpc) is 2.41. The molecule has 2 rings (SSSR count). The normalized spacial score (nSPS) is 10.3. The molecule has 0 aromatic heterocycles. The van der Waals surface area contributed by atoms with Gasteiger partial charge in [-0.15, -0.1) is 0 Å². The number of benzene rings is 2. The Hall–Kier alpha value is -1.92. The first-order valence-corrected chi connectivity index (χ1v) is 5.59. The molecule has 0 fully saturated rings. The van der Waals surface area contributed by atoms with Crippen LogP contribution in [0.5, 0.6) is 5.75 Å². The first-order chi connectivity index (χ1) is 9.08. The lowest BCUT2D eigenvalue weighted by molar-refractivity contribution is 0.284. The SMILES string of the molecule is OB(O)c1cc(F)c(F)c(OCc2ccccc2)c1. The predicted molar refractivity (Wildman–Crippen MR) is 67.0 cm³/mol. The minimum Gasteiger partial charge on any atom is -0.486 e. The van der Waals surface area contributed by atoms with Gasteiger partial charge in [0.1, 0.15) is 6.61 Å². The lowest BCUT2D eigenvalue weighted by Gasteiger charge is -2.10. The third kappa shape index (κ3) is 3.30. The fourth-order valence-corrected chi connectivity index (χ4v) is 1.57. The molecule has 0 aliphatic rings. The van der Waals surface area contributed by atoms with Gasteiger partial charge in [-0.05, 0) is 23.2 Å². The van der Waals surface area contributed by atoms with Crippen LogP contribution in [-0.2, 0) is 6.61 Å².